The van der Waals surface area contributed by atoms with Crippen molar-refractivity contribution in [2.24, 2.45) is 0 Å². The number of hydrogen-bond acceptors (Lipinski definition) is 4. The van der Waals surface area contributed by atoms with Gasteiger partial charge in [0.15, 0.2) is 5.69 Å². The summed E-state index contributed by atoms with van der Waals surface area (Å²) in [5, 5.41) is 0.637. The molecule has 0 bridgehead atoms. The van der Waals surface area contributed by atoms with E-state index in [-0.39, 0.29) is 5.82 Å². The van der Waals surface area contributed by atoms with Gasteiger partial charge in [-0.25, -0.2) is 14.2 Å². The van der Waals surface area contributed by atoms with Gasteiger partial charge in [0.05, 0.1) is 6.61 Å². The van der Waals surface area contributed by atoms with Crippen LogP contribution >= 0.6 is 11.3 Å². The Balaban J connectivity index is 2.44. The zero-order valence-corrected chi connectivity index (χ0v) is 11.8. The second-order valence-corrected chi connectivity index (χ2v) is 5.31. The first-order valence-electron chi connectivity index (χ1n) is 5.94. The Bertz CT molecular complexity index is 622. The van der Waals surface area contributed by atoms with E-state index in [0.29, 0.717) is 22.9 Å². The third-order valence-electron chi connectivity index (χ3n) is 2.70. The SMILES string of the molecule is CCOC(=O)c1nc(-c2cc(F)ccc2C)sc1C. The lowest BCUT2D eigenvalue weighted by molar-refractivity contribution is 0.0519. The Morgan fingerprint density at radius 1 is 1.42 bits per heavy atom. The molecule has 0 aliphatic carbocycles. The van der Waals surface area contributed by atoms with Gasteiger partial charge in [0, 0.05) is 10.4 Å². The molecule has 5 heteroatoms. The van der Waals surface area contributed by atoms with Crippen LogP contribution in [0.25, 0.3) is 10.6 Å². The Hall–Kier alpha value is -1.75. The molecule has 0 atom stereocenters. The van der Waals surface area contributed by atoms with Crippen LogP contribution in [0.5, 0.6) is 0 Å². The zero-order chi connectivity index (χ0) is 14.0. The topological polar surface area (TPSA) is 39.2 Å². The van der Waals surface area contributed by atoms with Crippen LogP contribution in [-0.2, 0) is 4.74 Å². The number of halogens is 1. The lowest BCUT2D eigenvalue weighted by Gasteiger charge is -2.01. The van der Waals surface area contributed by atoms with E-state index in [1.165, 1.54) is 23.5 Å². The normalized spacial score (nSPS) is 10.5. The van der Waals surface area contributed by atoms with Gasteiger partial charge in [-0.3, -0.25) is 0 Å². The molecule has 0 N–H and O–H groups in total. The number of carbonyl (C=O) groups excluding carboxylic acids is 1. The molecule has 0 amide bonds. The summed E-state index contributed by atoms with van der Waals surface area (Å²) in [6.45, 7) is 5.75. The van der Waals surface area contributed by atoms with E-state index in [9.17, 15) is 9.18 Å². The third kappa shape index (κ3) is 2.81. The van der Waals surface area contributed by atoms with Crippen LogP contribution in [0, 0.1) is 19.7 Å². The van der Waals surface area contributed by atoms with Crippen LogP contribution in [0.2, 0.25) is 0 Å². The lowest BCUT2D eigenvalue weighted by atomic mass is 10.1. The molecule has 2 rings (SSSR count). The van der Waals surface area contributed by atoms with Gasteiger partial charge in [-0.2, -0.15) is 0 Å². The molecule has 19 heavy (non-hydrogen) atoms. The molecule has 0 aliphatic heterocycles. The molecule has 0 unspecified atom stereocenters. The maximum Gasteiger partial charge on any atom is 0.358 e. The summed E-state index contributed by atoms with van der Waals surface area (Å²) in [5.74, 6) is -0.748. The van der Waals surface area contributed by atoms with Gasteiger partial charge in [0.1, 0.15) is 10.8 Å². The number of ether oxygens (including phenoxy) is 1. The molecule has 0 saturated carbocycles. The maximum absolute atomic E-state index is 13.3. The van der Waals surface area contributed by atoms with Gasteiger partial charge >= 0.3 is 5.97 Å². The number of aromatic nitrogens is 1. The minimum atomic E-state index is -0.434. The van der Waals surface area contributed by atoms with Crippen LogP contribution in [-0.4, -0.2) is 17.6 Å². The van der Waals surface area contributed by atoms with E-state index < -0.39 is 5.97 Å². The fourth-order valence-electron chi connectivity index (χ4n) is 1.73. The number of benzene rings is 1. The summed E-state index contributed by atoms with van der Waals surface area (Å²) in [6.07, 6.45) is 0. The van der Waals surface area contributed by atoms with Crippen LogP contribution in [0.4, 0.5) is 4.39 Å². The first-order valence-corrected chi connectivity index (χ1v) is 6.75. The second-order valence-electron chi connectivity index (χ2n) is 4.10. The maximum atomic E-state index is 13.3. The van der Waals surface area contributed by atoms with Crippen LogP contribution in [0.3, 0.4) is 0 Å². The summed E-state index contributed by atoms with van der Waals surface area (Å²) in [7, 11) is 0. The van der Waals surface area contributed by atoms with Crippen molar-refractivity contribution in [1.82, 2.24) is 4.98 Å². The van der Waals surface area contributed by atoms with E-state index in [0.717, 1.165) is 10.4 Å². The van der Waals surface area contributed by atoms with E-state index >= 15 is 0 Å². The van der Waals surface area contributed by atoms with Gasteiger partial charge in [-0.05, 0) is 38.5 Å². The van der Waals surface area contributed by atoms with Crippen LogP contribution < -0.4 is 0 Å². The van der Waals surface area contributed by atoms with Crippen molar-refractivity contribution in [2.75, 3.05) is 6.61 Å². The molecule has 0 aliphatic rings. The third-order valence-corrected chi connectivity index (χ3v) is 3.70. The number of hydrogen-bond donors (Lipinski definition) is 0. The summed E-state index contributed by atoms with van der Waals surface area (Å²) in [4.78, 5) is 16.8. The van der Waals surface area contributed by atoms with Crippen LogP contribution in [0.1, 0.15) is 27.9 Å². The molecule has 2 aromatic rings. The Morgan fingerprint density at radius 3 is 2.84 bits per heavy atom. The number of carbonyl (C=O) groups is 1. The predicted molar refractivity (Wildman–Crippen MR) is 72.9 cm³/mol. The highest BCUT2D eigenvalue weighted by Gasteiger charge is 2.18. The zero-order valence-electron chi connectivity index (χ0n) is 11.0. The quantitative estimate of drug-likeness (QED) is 0.803. The molecule has 0 fully saturated rings. The highest BCUT2D eigenvalue weighted by Crippen LogP contribution is 2.30. The highest BCUT2D eigenvalue weighted by atomic mass is 32.1. The summed E-state index contributed by atoms with van der Waals surface area (Å²) < 4.78 is 18.2. The van der Waals surface area contributed by atoms with Crippen molar-refractivity contribution in [3.8, 4) is 10.6 Å². The molecular weight excluding hydrogens is 265 g/mol. The average Bonchev–Trinajstić information content (AvgIpc) is 2.74. The minimum Gasteiger partial charge on any atom is -0.461 e. The number of nitrogens with zero attached hydrogens (tertiary/aromatic N) is 1. The van der Waals surface area contributed by atoms with Gasteiger partial charge in [0.2, 0.25) is 0 Å². The Kier molecular flexibility index (Phi) is 3.95. The monoisotopic (exact) mass is 279 g/mol. The molecule has 0 saturated heterocycles. The van der Waals surface area contributed by atoms with Crippen molar-refractivity contribution >= 4 is 17.3 Å². The van der Waals surface area contributed by atoms with Crippen molar-refractivity contribution in [3.05, 3.63) is 40.2 Å². The fourth-order valence-corrected chi connectivity index (χ4v) is 2.71. The first-order chi connectivity index (χ1) is 9.02. The van der Waals surface area contributed by atoms with Crippen molar-refractivity contribution in [2.45, 2.75) is 20.8 Å². The van der Waals surface area contributed by atoms with E-state index in [2.05, 4.69) is 4.98 Å². The van der Waals surface area contributed by atoms with Crippen molar-refractivity contribution < 1.29 is 13.9 Å². The molecule has 100 valence electrons. The van der Waals surface area contributed by atoms with Crippen LogP contribution in [0.15, 0.2) is 18.2 Å². The second kappa shape index (κ2) is 5.48. The van der Waals surface area contributed by atoms with Crippen molar-refractivity contribution in [1.29, 1.82) is 0 Å². The first kappa shape index (κ1) is 13.7. The molecule has 1 aromatic heterocycles. The number of thiazole rings is 1. The van der Waals surface area contributed by atoms with E-state index in [1.54, 1.807) is 13.0 Å². The molecular formula is C14H14FNO2S. The Labute approximate surface area is 115 Å². The predicted octanol–water partition coefficient (Wildman–Crippen LogP) is 3.74. The van der Waals surface area contributed by atoms with Gasteiger partial charge < -0.3 is 4.74 Å². The number of esters is 1. The largest absolute Gasteiger partial charge is 0.461 e. The van der Waals surface area contributed by atoms with E-state index in [4.69, 9.17) is 4.74 Å². The standard InChI is InChI=1S/C14H14FNO2S/c1-4-18-14(17)12-9(3)19-13(16-12)11-7-10(15)6-5-8(11)2/h5-7H,4H2,1-3H3. The average molecular weight is 279 g/mol. The lowest BCUT2D eigenvalue weighted by Crippen LogP contribution is -2.06. The molecule has 1 aromatic carbocycles. The summed E-state index contributed by atoms with van der Waals surface area (Å²) in [6, 6.07) is 4.54. The van der Waals surface area contributed by atoms with Crippen molar-refractivity contribution in [3.63, 3.8) is 0 Å². The summed E-state index contributed by atoms with van der Waals surface area (Å²) >= 11 is 1.37. The molecule has 3 nitrogen and oxygen atoms in total. The molecule has 0 radical (unpaired) electrons. The fraction of sp³-hybridized carbons (Fsp3) is 0.286. The number of aryl methyl sites for hydroxylation is 2. The minimum absolute atomic E-state index is 0.310. The van der Waals surface area contributed by atoms with E-state index in [1.807, 2.05) is 13.8 Å². The molecule has 1 heterocycles. The highest BCUT2D eigenvalue weighted by molar-refractivity contribution is 7.15. The smallest absolute Gasteiger partial charge is 0.358 e. The Morgan fingerprint density at radius 2 is 2.16 bits per heavy atom. The number of rotatable bonds is 3. The van der Waals surface area contributed by atoms with Gasteiger partial charge in [-0.15, -0.1) is 11.3 Å². The van der Waals surface area contributed by atoms with Gasteiger partial charge in [0.25, 0.3) is 0 Å². The summed E-state index contributed by atoms with van der Waals surface area (Å²) in [5.41, 5.74) is 1.94. The van der Waals surface area contributed by atoms with Gasteiger partial charge in [-0.1, -0.05) is 6.07 Å². The molecule has 0 spiro atoms.